The first kappa shape index (κ1) is 19.4. The van der Waals surface area contributed by atoms with Crippen molar-refractivity contribution in [1.82, 2.24) is 14.4 Å². The molecule has 0 radical (unpaired) electrons. The number of hydrogen-bond donors (Lipinski definition) is 0. The van der Waals surface area contributed by atoms with Crippen LogP contribution in [-0.2, 0) is 22.6 Å². The molecule has 0 N–H and O–H groups in total. The summed E-state index contributed by atoms with van der Waals surface area (Å²) in [6, 6.07) is 11.6. The monoisotopic (exact) mass is 393 g/mol. The number of likely N-dealkylation sites (N-methyl/N-ethyl adjacent to an activating group) is 1. The molecule has 0 aliphatic carbocycles. The Morgan fingerprint density at radius 3 is 2.41 bits per heavy atom. The van der Waals surface area contributed by atoms with Crippen LogP contribution in [0, 0.1) is 5.92 Å². The fourth-order valence-corrected chi connectivity index (χ4v) is 4.53. The van der Waals surface area contributed by atoms with Crippen LogP contribution in [0.25, 0.3) is 11.1 Å². The number of rotatable bonds is 3. The van der Waals surface area contributed by atoms with Gasteiger partial charge in [-0.1, -0.05) is 24.3 Å². The molecule has 2 atom stereocenters. The van der Waals surface area contributed by atoms with E-state index < -0.39 is 0 Å². The van der Waals surface area contributed by atoms with Crippen LogP contribution in [0.5, 0.6) is 0 Å². The van der Waals surface area contributed by atoms with Crippen molar-refractivity contribution in [3.8, 4) is 11.1 Å². The summed E-state index contributed by atoms with van der Waals surface area (Å²) in [4.78, 5) is 40.1. The second-order valence-corrected chi connectivity index (χ2v) is 8.50. The lowest BCUT2D eigenvalue weighted by molar-refractivity contribution is -0.131. The lowest BCUT2D eigenvalue weighted by atomic mass is 9.82. The maximum Gasteiger partial charge on any atom is 0.251 e. The Balaban J connectivity index is 1.63. The number of aromatic nitrogens is 1. The van der Waals surface area contributed by atoms with Crippen LogP contribution in [0.3, 0.4) is 0 Å². The molecule has 2 aliphatic rings. The third kappa shape index (κ3) is 3.84. The summed E-state index contributed by atoms with van der Waals surface area (Å²) < 4.78 is 1.89. The molecule has 4 rings (SSSR count). The van der Waals surface area contributed by atoms with Crippen molar-refractivity contribution in [3.63, 3.8) is 0 Å². The summed E-state index contributed by atoms with van der Waals surface area (Å²) in [7, 11) is 3.50. The van der Waals surface area contributed by atoms with Crippen LogP contribution in [0.15, 0.2) is 41.2 Å². The molecule has 2 aromatic rings. The zero-order valence-electron chi connectivity index (χ0n) is 17.2. The molecular weight excluding hydrogens is 366 g/mol. The lowest BCUT2D eigenvalue weighted by Crippen LogP contribution is -2.48. The molecule has 0 unspecified atom stereocenters. The van der Waals surface area contributed by atoms with E-state index in [1.807, 2.05) is 33.7 Å². The quantitative estimate of drug-likeness (QED) is 0.802. The first-order chi connectivity index (χ1) is 13.8. The minimum absolute atomic E-state index is 0.0235. The van der Waals surface area contributed by atoms with Crippen LogP contribution < -0.4 is 5.56 Å². The van der Waals surface area contributed by atoms with Gasteiger partial charge in [0.05, 0.1) is 6.42 Å². The standard InChI is InChI=1S/C23H27N3O3/c1-15(27)25-12-17-8-20(14-25)21-10-19(11-23(29)26(21)13-17)18-6-4-16(5-7-18)9-22(28)24(2)3/h4-7,10-11,17,20H,8-9,12-14H2,1-3H3/t17-,20+/m0/s1. The van der Waals surface area contributed by atoms with Crippen molar-refractivity contribution in [2.24, 2.45) is 5.92 Å². The van der Waals surface area contributed by atoms with Gasteiger partial charge in [0, 0.05) is 58.3 Å². The minimum Gasteiger partial charge on any atom is -0.349 e. The smallest absolute Gasteiger partial charge is 0.251 e. The molecule has 6 nitrogen and oxygen atoms in total. The maximum atomic E-state index is 12.8. The van der Waals surface area contributed by atoms with Crippen molar-refractivity contribution >= 4 is 11.8 Å². The second kappa shape index (κ2) is 7.50. The molecule has 1 aromatic carbocycles. The average molecular weight is 393 g/mol. The fourth-order valence-electron chi connectivity index (χ4n) is 4.53. The highest BCUT2D eigenvalue weighted by atomic mass is 16.2. The molecular formula is C23H27N3O3. The highest BCUT2D eigenvalue weighted by Gasteiger charge is 2.35. The predicted octanol–water partition coefficient (Wildman–Crippen LogP) is 2.11. The molecule has 1 saturated heterocycles. The molecule has 1 aromatic heterocycles. The summed E-state index contributed by atoms with van der Waals surface area (Å²) in [6.45, 7) is 3.72. The maximum absolute atomic E-state index is 12.8. The molecule has 2 bridgehead atoms. The molecule has 2 aliphatic heterocycles. The fraction of sp³-hybridized carbons (Fsp3) is 0.435. The molecule has 1 fully saturated rings. The summed E-state index contributed by atoms with van der Waals surface area (Å²) >= 11 is 0. The van der Waals surface area contributed by atoms with Gasteiger partial charge in [-0.3, -0.25) is 14.4 Å². The Morgan fingerprint density at radius 2 is 1.76 bits per heavy atom. The largest absolute Gasteiger partial charge is 0.349 e. The molecule has 29 heavy (non-hydrogen) atoms. The summed E-state index contributed by atoms with van der Waals surface area (Å²) in [5.74, 6) is 0.722. The second-order valence-electron chi connectivity index (χ2n) is 8.50. The Labute approximate surface area is 170 Å². The van der Waals surface area contributed by atoms with E-state index in [4.69, 9.17) is 0 Å². The third-order valence-electron chi connectivity index (χ3n) is 6.14. The molecule has 0 spiro atoms. The van der Waals surface area contributed by atoms with Gasteiger partial charge in [-0.2, -0.15) is 0 Å². The highest BCUT2D eigenvalue weighted by molar-refractivity contribution is 5.78. The first-order valence-electron chi connectivity index (χ1n) is 10.1. The van der Waals surface area contributed by atoms with E-state index in [2.05, 4.69) is 6.07 Å². The molecule has 152 valence electrons. The van der Waals surface area contributed by atoms with E-state index in [-0.39, 0.29) is 23.3 Å². The number of carbonyl (C=O) groups is 2. The first-order valence-corrected chi connectivity index (χ1v) is 10.1. The van der Waals surface area contributed by atoms with Gasteiger partial charge >= 0.3 is 0 Å². The van der Waals surface area contributed by atoms with Gasteiger partial charge in [0.2, 0.25) is 11.8 Å². The number of hydrogen-bond acceptors (Lipinski definition) is 3. The van der Waals surface area contributed by atoms with Gasteiger partial charge in [-0.15, -0.1) is 0 Å². The van der Waals surface area contributed by atoms with E-state index in [1.165, 1.54) is 0 Å². The molecule has 3 heterocycles. The van der Waals surface area contributed by atoms with Crippen LogP contribution in [0.1, 0.15) is 30.5 Å². The SMILES string of the molecule is CC(=O)N1C[C@@H]2C[C@H](C1)c1cc(-c3ccc(CC(=O)N(C)C)cc3)cc(=O)n1C2. The number of carbonyl (C=O) groups excluding carboxylic acids is 2. The highest BCUT2D eigenvalue weighted by Crippen LogP contribution is 2.36. The van der Waals surface area contributed by atoms with Gasteiger partial charge in [-0.25, -0.2) is 0 Å². The number of pyridine rings is 1. The molecule has 2 amide bonds. The van der Waals surface area contributed by atoms with E-state index in [0.29, 0.717) is 25.4 Å². The van der Waals surface area contributed by atoms with E-state index in [0.717, 1.165) is 35.3 Å². The molecule has 0 saturated carbocycles. The zero-order valence-corrected chi connectivity index (χ0v) is 17.2. The van der Waals surface area contributed by atoms with Crippen LogP contribution in [-0.4, -0.2) is 53.4 Å². The van der Waals surface area contributed by atoms with Gasteiger partial charge in [0.25, 0.3) is 5.56 Å². The number of benzene rings is 1. The predicted molar refractivity (Wildman–Crippen MR) is 112 cm³/mol. The van der Waals surface area contributed by atoms with Crippen LogP contribution >= 0.6 is 0 Å². The van der Waals surface area contributed by atoms with Crippen molar-refractivity contribution in [2.75, 3.05) is 27.2 Å². The van der Waals surface area contributed by atoms with Gasteiger partial charge in [0.1, 0.15) is 0 Å². The summed E-state index contributed by atoms with van der Waals surface area (Å²) in [5, 5.41) is 0. The number of likely N-dealkylation sites (tertiary alicyclic amines) is 1. The summed E-state index contributed by atoms with van der Waals surface area (Å²) in [6.07, 6.45) is 1.39. The Bertz CT molecular complexity index is 1010. The normalized spacial score (nSPS) is 20.2. The Morgan fingerprint density at radius 1 is 1.03 bits per heavy atom. The van der Waals surface area contributed by atoms with Crippen LogP contribution in [0.4, 0.5) is 0 Å². The van der Waals surface area contributed by atoms with Gasteiger partial charge in [-0.05, 0) is 35.1 Å². The number of nitrogens with zero attached hydrogens (tertiary/aromatic N) is 3. The average Bonchev–Trinajstić information content (AvgIpc) is 2.69. The number of piperidine rings is 1. The zero-order chi connectivity index (χ0) is 20.7. The van der Waals surface area contributed by atoms with Crippen molar-refractivity contribution < 1.29 is 9.59 Å². The van der Waals surface area contributed by atoms with E-state index >= 15 is 0 Å². The van der Waals surface area contributed by atoms with Crippen LogP contribution in [0.2, 0.25) is 0 Å². The molecule has 6 heteroatoms. The third-order valence-corrected chi connectivity index (χ3v) is 6.14. The van der Waals surface area contributed by atoms with Crippen molar-refractivity contribution in [2.45, 2.75) is 32.2 Å². The number of fused-ring (bicyclic) bond motifs is 4. The number of amides is 2. The summed E-state index contributed by atoms with van der Waals surface area (Å²) in [5.41, 5.74) is 3.87. The topological polar surface area (TPSA) is 62.6 Å². The van der Waals surface area contributed by atoms with Gasteiger partial charge in [0.15, 0.2) is 0 Å². The van der Waals surface area contributed by atoms with Gasteiger partial charge < -0.3 is 14.4 Å². The van der Waals surface area contributed by atoms with E-state index in [1.54, 1.807) is 32.0 Å². The lowest BCUT2D eigenvalue weighted by Gasteiger charge is -2.42. The Kier molecular flexibility index (Phi) is 5.03. The van der Waals surface area contributed by atoms with Crippen molar-refractivity contribution in [1.29, 1.82) is 0 Å². The van der Waals surface area contributed by atoms with Crippen molar-refractivity contribution in [3.05, 3.63) is 58.0 Å². The minimum atomic E-state index is 0.0235. The van der Waals surface area contributed by atoms with E-state index in [9.17, 15) is 14.4 Å². The Hall–Kier alpha value is -2.89.